The van der Waals surface area contributed by atoms with Gasteiger partial charge in [-0.2, -0.15) is 0 Å². The van der Waals surface area contributed by atoms with Crippen LogP contribution >= 0.6 is 0 Å². The van der Waals surface area contributed by atoms with E-state index in [0.717, 1.165) is 19.8 Å². The normalized spacial score (nSPS) is 20.6. The van der Waals surface area contributed by atoms with Crippen LogP contribution in [-0.4, -0.2) is 25.9 Å². The highest BCUT2D eigenvalue weighted by molar-refractivity contribution is 4.61. The van der Waals surface area contributed by atoms with E-state index in [9.17, 15) is 0 Å². The van der Waals surface area contributed by atoms with Gasteiger partial charge in [-0.1, -0.05) is 64.7 Å². The third kappa shape index (κ3) is 8.62. The first-order chi connectivity index (χ1) is 8.43. The molecule has 0 spiro atoms. The lowest BCUT2D eigenvalue weighted by atomic mass is 10.1. The molecule has 1 rings (SSSR count). The molecule has 2 nitrogen and oxygen atoms in total. The van der Waals surface area contributed by atoms with E-state index in [-0.39, 0.29) is 0 Å². The zero-order valence-corrected chi connectivity index (χ0v) is 11.6. The van der Waals surface area contributed by atoms with E-state index >= 15 is 0 Å². The average Bonchev–Trinajstić information content (AvgIpc) is 2.38. The summed E-state index contributed by atoms with van der Waals surface area (Å²) in [6.07, 6.45) is 14.1. The van der Waals surface area contributed by atoms with Gasteiger partial charge in [-0.05, 0) is 6.42 Å². The van der Waals surface area contributed by atoms with Crippen molar-refractivity contribution in [3.8, 4) is 0 Å². The highest BCUT2D eigenvalue weighted by Crippen LogP contribution is 2.13. The molecule has 1 saturated heterocycles. The van der Waals surface area contributed by atoms with Crippen molar-refractivity contribution in [1.82, 2.24) is 0 Å². The molecule has 0 bridgehead atoms. The second-order valence-corrected chi connectivity index (χ2v) is 5.18. The Morgan fingerprint density at radius 1 is 0.824 bits per heavy atom. The molecule has 1 fully saturated rings. The molecule has 1 aliphatic heterocycles. The lowest BCUT2D eigenvalue weighted by Crippen LogP contribution is -2.28. The summed E-state index contributed by atoms with van der Waals surface area (Å²) >= 11 is 0. The fraction of sp³-hybridized carbons (Fsp3) is 1.00. The Hall–Kier alpha value is -0.0800. The van der Waals surface area contributed by atoms with Crippen molar-refractivity contribution in [2.45, 2.75) is 77.2 Å². The fourth-order valence-electron chi connectivity index (χ4n) is 2.39. The molecule has 0 aliphatic carbocycles. The molecule has 0 aromatic heterocycles. The van der Waals surface area contributed by atoms with Gasteiger partial charge in [0.25, 0.3) is 0 Å². The van der Waals surface area contributed by atoms with Crippen molar-refractivity contribution in [1.29, 1.82) is 0 Å². The summed E-state index contributed by atoms with van der Waals surface area (Å²) in [5, 5.41) is 0. The number of rotatable bonds is 10. The minimum atomic E-state index is 0.383. The zero-order chi connectivity index (χ0) is 12.2. The van der Waals surface area contributed by atoms with Gasteiger partial charge in [0, 0.05) is 0 Å². The third-order valence-electron chi connectivity index (χ3n) is 3.51. The van der Waals surface area contributed by atoms with Crippen molar-refractivity contribution in [3.05, 3.63) is 0 Å². The Morgan fingerprint density at radius 2 is 1.47 bits per heavy atom. The van der Waals surface area contributed by atoms with Crippen LogP contribution in [0.5, 0.6) is 0 Å². The van der Waals surface area contributed by atoms with Crippen LogP contribution in [0.15, 0.2) is 0 Å². The summed E-state index contributed by atoms with van der Waals surface area (Å²) in [5.74, 6) is 0. The number of ether oxygens (including phenoxy) is 2. The standard InChI is InChI=1S/C15H30O2/c1-2-3-4-5-6-7-8-9-10-11-15-14-16-12-13-17-15/h15H,2-14H2,1H3. The summed E-state index contributed by atoms with van der Waals surface area (Å²) < 4.78 is 11.0. The Morgan fingerprint density at radius 3 is 2.06 bits per heavy atom. The van der Waals surface area contributed by atoms with E-state index in [1.54, 1.807) is 0 Å². The highest BCUT2D eigenvalue weighted by Gasteiger charge is 2.12. The maximum absolute atomic E-state index is 5.62. The summed E-state index contributed by atoms with van der Waals surface area (Å²) in [7, 11) is 0. The molecule has 2 heteroatoms. The van der Waals surface area contributed by atoms with Crippen LogP contribution in [0.2, 0.25) is 0 Å². The van der Waals surface area contributed by atoms with Crippen LogP contribution in [0, 0.1) is 0 Å². The highest BCUT2D eigenvalue weighted by atomic mass is 16.6. The van der Waals surface area contributed by atoms with E-state index in [4.69, 9.17) is 9.47 Å². The molecule has 0 radical (unpaired) electrons. The molecule has 1 aliphatic rings. The minimum absolute atomic E-state index is 0.383. The first-order valence-corrected chi connectivity index (χ1v) is 7.63. The summed E-state index contributed by atoms with van der Waals surface area (Å²) in [4.78, 5) is 0. The monoisotopic (exact) mass is 242 g/mol. The third-order valence-corrected chi connectivity index (χ3v) is 3.51. The minimum Gasteiger partial charge on any atom is -0.376 e. The van der Waals surface area contributed by atoms with Crippen molar-refractivity contribution < 1.29 is 9.47 Å². The van der Waals surface area contributed by atoms with Crippen molar-refractivity contribution >= 4 is 0 Å². The quantitative estimate of drug-likeness (QED) is 0.531. The fourth-order valence-corrected chi connectivity index (χ4v) is 2.39. The lowest BCUT2D eigenvalue weighted by molar-refractivity contribution is -0.0912. The predicted molar refractivity (Wildman–Crippen MR) is 72.4 cm³/mol. The van der Waals surface area contributed by atoms with Gasteiger partial charge in [0.1, 0.15) is 0 Å². The first-order valence-electron chi connectivity index (χ1n) is 7.63. The summed E-state index contributed by atoms with van der Waals surface area (Å²) in [6, 6.07) is 0. The van der Waals surface area contributed by atoms with Gasteiger partial charge in [-0.25, -0.2) is 0 Å². The molecule has 0 aromatic rings. The molecule has 1 atom stereocenters. The van der Waals surface area contributed by atoms with Crippen LogP contribution in [-0.2, 0) is 9.47 Å². The van der Waals surface area contributed by atoms with Crippen LogP contribution in [0.3, 0.4) is 0 Å². The molecular weight excluding hydrogens is 212 g/mol. The van der Waals surface area contributed by atoms with E-state index in [0.29, 0.717) is 6.10 Å². The first kappa shape index (κ1) is 15.0. The van der Waals surface area contributed by atoms with E-state index in [2.05, 4.69) is 6.92 Å². The molecule has 1 unspecified atom stereocenters. The lowest BCUT2D eigenvalue weighted by Gasteiger charge is -2.22. The molecule has 0 amide bonds. The van der Waals surface area contributed by atoms with Crippen molar-refractivity contribution in [3.63, 3.8) is 0 Å². The largest absolute Gasteiger partial charge is 0.376 e. The smallest absolute Gasteiger partial charge is 0.0809 e. The van der Waals surface area contributed by atoms with Gasteiger partial charge in [0.2, 0.25) is 0 Å². The molecule has 102 valence electrons. The van der Waals surface area contributed by atoms with Gasteiger partial charge < -0.3 is 9.47 Å². The van der Waals surface area contributed by atoms with Crippen LogP contribution in [0.25, 0.3) is 0 Å². The van der Waals surface area contributed by atoms with E-state index < -0.39 is 0 Å². The molecule has 17 heavy (non-hydrogen) atoms. The van der Waals surface area contributed by atoms with Gasteiger partial charge in [0.05, 0.1) is 25.9 Å². The van der Waals surface area contributed by atoms with E-state index in [1.165, 1.54) is 64.2 Å². The Labute approximate surface area is 107 Å². The van der Waals surface area contributed by atoms with Crippen molar-refractivity contribution in [2.24, 2.45) is 0 Å². The molecule has 1 heterocycles. The maximum Gasteiger partial charge on any atom is 0.0809 e. The summed E-state index contributed by atoms with van der Waals surface area (Å²) in [6.45, 7) is 4.67. The van der Waals surface area contributed by atoms with Gasteiger partial charge in [-0.3, -0.25) is 0 Å². The number of hydrogen-bond acceptors (Lipinski definition) is 2. The van der Waals surface area contributed by atoms with Gasteiger partial charge in [-0.15, -0.1) is 0 Å². The number of unbranched alkanes of at least 4 members (excludes halogenated alkanes) is 8. The van der Waals surface area contributed by atoms with Crippen LogP contribution in [0.1, 0.15) is 71.1 Å². The second-order valence-electron chi connectivity index (χ2n) is 5.18. The van der Waals surface area contributed by atoms with Gasteiger partial charge in [0.15, 0.2) is 0 Å². The Kier molecular flexibility index (Phi) is 9.72. The maximum atomic E-state index is 5.62. The number of hydrogen-bond donors (Lipinski definition) is 0. The topological polar surface area (TPSA) is 18.5 Å². The zero-order valence-electron chi connectivity index (χ0n) is 11.6. The SMILES string of the molecule is CCCCCCCCCCCC1COCCO1. The second kappa shape index (κ2) is 11.0. The average molecular weight is 242 g/mol. The Balaban J connectivity index is 1.75. The molecule has 0 N–H and O–H groups in total. The molecular formula is C15H30O2. The van der Waals surface area contributed by atoms with Gasteiger partial charge >= 0.3 is 0 Å². The Bertz CT molecular complexity index is 153. The molecule has 0 aromatic carbocycles. The van der Waals surface area contributed by atoms with E-state index in [1.807, 2.05) is 0 Å². The molecule has 0 saturated carbocycles. The summed E-state index contributed by atoms with van der Waals surface area (Å²) in [5.41, 5.74) is 0. The van der Waals surface area contributed by atoms with Crippen molar-refractivity contribution in [2.75, 3.05) is 19.8 Å². The van der Waals surface area contributed by atoms with Crippen LogP contribution < -0.4 is 0 Å². The predicted octanol–water partition coefficient (Wildman–Crippen LogP) is 4.32. The van der Waals surface area contributed by atoms with Crippen LogP contribution in [0.4, 0.5) is 0 Å².